The Morgan fingerprint density at radius 2 is 1.81 bits per heavy atom. The van der Waals surface area contributed by atoms with Gasteiger partial charge in [0.1, 0.15) is 12.4 Å². The number of benzene rings is 1. The first-order chi connectivity index (χ1) is 9.96. The fourth-order valence-electron chi connectivity index (χ4n) is 1.85. The van der Waals surface area contributed by atoms with Crippen LogP contribution in [0.3, 0.4) is 0 Å². The first kappa shape index (κ1) is 17.8. The van der Waals surface area contributed by atoms with Crippen LogP contribution < -0.4 is 10.1 Å². The molecule has 0 heterocycles. The van der Waals surface area contributed by atoms with E-state index in [-0.39, 0.29) is 12.6 Å². The molecular formula is C15H22F3NO2. The lowest BCUT2D eigenvalue weighted by molar-refractivity contribution is -0.175. The molecule has 0 aromatic heterocycles. The molecule has 0 aliphatic rings. The topological polar surface area (TPSA) is 30.5 Å². The SMILES string of the molecule is CCCNC(COCC(F)(F)F)c1ccc(OCC)cc1. The maximum absolute atomic E-state index is 12.1. The predicted molar refractivity (Wildman–Crippen MR) is 75.5 cm³/mol. The Labute approximate surface area is 123 Å². The van der Waals surface area contributed by atoms with Crippen LogP contribution in [0.1, 0.15) is 31.9 Å². The Morgan fingerprint density at radius 3 is 2.33 bits per heavy atom. The summed E-state index contributed by atoms with van der Waals surface area (Å²) in [6.07, 6.45) is -3.40. The van der Waals surface area contributed by atoms with E-state index in [0.717, 1.165) is 17.7 Å². The normalized spacial score (nSPS) is 13.2. The molecule has 1 aromatic carbocycles. The van der Waals surface area contributed by atoms with Crippen LogP contribution in [0, 0.1) is 0 Å². The van der Waals surface area contributed by atoms with Crippen molar-refractivity contribution in [2.45, 2.75) is 32.5 Å². The van der Waals surface area contributed by atoms with E-state index in [1.54, 1.807) is 0 Å². The van der Waals surface area contributed by atoms with Crippen molar-refractivity contribution in [3.8, 4) is 5.75 Å². The molecule has 0 saturated carbocycles. The van der Waals surface area contributed by atoms with E-state index in [0.29, 0.717) is 13.2 Å². The molecule has 0 aliphatic carbocycles. The molecule has 1 atom stereocenters. The third-order valence-corrected chi connectivity index (χ3v) is 2.78. The minimum Gasteiger partial charge on any atom is -0.494 e. The van der Waals surface area contributed by atoms with Crippen molar-refractivity contribution in [3.05, 3.63) is 29.8 Å². The van der Waals surface area contributed by atoms with Crippen LogP contribution in [0.25, 0.3) is 0 Å². The summed E-state index contributed by atoms with van der Waals surface area (Å²) in [5.41, 5.74) is 0.883. The Balaban J connectivity index is 2.62. The van der Waals surface area contributed by atoms with Crippen LogP contribution >= 0.6 is 0 Å². The average molecular weight is 305 g/mol. The standard InChI is InChI=1S/C15H22F3NO2/c1-3-9-19-14(10-20-11-15(16,17)18)12-5-7-13(8-6-12)21-4-2/h5-8,14,19H,3-4,9-11H2,1-2H3. The molecule has 0 saturated heterocycles. The van der Waals surface area contributed by atoms with Gasteiger partial charge < -0.3 is 14.8 Å². The van der Waals surface area contributed by atoms with E-state index in [9.17, 15) is 13.2 Å². The fraction of sp³-hybridized carbons (Fsp3) is 0.600. The predicted octanol–water partition coefficient (Wildman–Crippen LogP) is 3.70. The van der Waals surface area contributed by atoms with Gasteiger partial charge in [-0.15, -0.1) is 0 Å². The smallest absolute Gasteiger partial charge is 0.411 e. The largest absolute Gasteiger partial charge is 0.494 e. The third-order valence-electron chi connectivity index (χ3n) is 2.78. The summed E-state index contributed by atoms with van der Waals surface area (Å²) in [6, 6.07) is 7.04. The number of alkyl halides is 3. The monoisotopic (exact) mass is 305 g/mol. The molecule has 1 aromatic rings. The number of halogens is 3. The van der Waals surface area contributed by atoms with Crippen LogP contribution in [-0.4, -0.2) is 32.5 Å². The van der Waals surface area contributed by atoms with E-state index in [1.165, 1.54) is 0 Å². The zero-order valence-corrected chi connectivity index (χ0v) is 12.4. The zero-order chi connectivity index (χ0) is 15.7. The van der Waals surface area contributed by atoms with Crippen molar-refractivity contribution in [1.29, 1.82) is 0 Å². The molecule has 0 amide bonds. The van der Waals surface area contributed by atoms with Crippen LogP contribution in [-0.2, 0) is 4.74 Å². The Kier molecular flexibility index (Phi) is 7.53. The second-order valence-electron chi connectivity index (χ2n) is 4.64. The van der Waals surface area contributed by atoms with E-state index in [2.05, 4.69) is 5.32 Å². The third kappa shape index (κ3) is 7.34. The number of hydrogen-bond donors (Lipinski definition) is 1. The van der Waals surface area contributed by atoms with Crippen LogP contribution in [0.5, 0.6) is 5.75 Å². The maximum atomic E-state index is 12.1. The number of hydrogen-bond acceptors (Lipinski definition) is 3. The lowest BCUT2D eigenvalue weighted by Gasteiger charge is -2.20. The zero-order valence-electron chi connectivity index (χ0n) is 12.4. The Bertz CT molecular complexity index is 393. The number of nitrogens with one attached hydrogen (secondary N) is 1. The van der Waals surface area contributed by atoms with Gasteiger partial charge in [0.15, 0.2) is 0 Å². The lowest BCUT2D eigenvalue weighted by Crippen LogP contribution is -2.28. The van der Waals surface area contributed by atoms with Gasteiger partial charge in [-0.2, -0.15) is 13.2 Å². The molecule has 3 nitrogen and oxygen atoms in total. The van der Waals surface area contributed by atoms with Crippen molar-refractivity contribution < 1.29 is 22.6 Å². The van der Waals surface area contributed by atoms with Crippen molar-refractivity contribution in [1.82, 2.24) is 5.32 Å². The van der Waals surface area contributed by atoms with Gasteiger partial charge in [0.05, 0.1) is 19.3 Å². The van der Waals surface area contributed by atoms with Gasteiger partial charge in [0, 0.05) is 0 Å². The molecule has 21 heavy (non-hydrogen) atoms. The highest BCUT2D eigenvalue weighted by molar-refractivity contribution is 5.29. The summed E-state index contributed by atoms with van der Waals surface area (Å²) in [5, 5.41) is 3.19. The van der Waals surface area contributed by atoms with Crippen LogP contribution in [0.15, 0.2) is 24.3 Å². The van der Waals surface area contributed by atoms with Gasteiger partial charge in [-0.05, 0) is 37.6 Å². The van der Waals surface area contributed by atoms with Crippen molar-refractivity contribution >= 4 is 0 Å². The summed E-state index contributed by atoms with van der Waals surface area (Å²) in [7, 11) is 0. The highest BCUT2D eigenvalue weighted by Gasteiger charge is 2.28. The quantitative estimate of drug-likeness (QED) is 0.754. The average Bonchev–Trinajstić information content (AvgIpc) is 2.43. The Hall–Kier alpha value is -1.27. The molecule has 0 fully saturated rings. The second-order valence-corrected chi connectivity index (χ2v) is 4.64. The van der Waals surface area contributed by atoms with Gasteiger partial charge in [-0.25, -0.2) is 0 Å². The van der Waals surface area contributed by atoms with Gasteiger partial charge in [-0.1, -0.05) is 19.1 Å². The molecule has 0 spiro atoms. The Morgan fingerprint density at radius 1 is 1.14 bits per heavy atom. The van der Waals surface area contributed by atoms with Crippen molar-refractivity contribution in [2.75, 3.05) is 26.4 Å². The van der Waals surface area contributed by atoms with E-state index >= 15 is 0 Å². The molecule has 120 valence electrons. The van der Waals surface area contributed by atoms with E-state index in [1.807, 2.05) is 38.1 Å². The molecule has 0 aliphatic heterocycles. The second kappa shape index (κ2) is 8.89. The molecular weight excluding hydrogens is 283 g/mol. The molecule has 0 bridgehead atoms. The molecule has 1 unspecified atom stereocenters. The van der Waals surface area contributed by atoms with Crippen LogP contribution in [0.2, 0.25) is 0 Å². The summed E-state index contributed by atoms with van der Waals surface area (Å²) in [4.78, 5) is 0. The summed E-state index contributed by atoms with van der Waals surface area (Å²) >= 11 is 0. The van der Waals surface area contributed by atoms with Crippen molar-refractivity contribution in [2.24, 2.45) is 0 Å². The fourth-order valence-corrected chi connectivity index (χ4v) is 1.85. The first-order valence-electron chi connectivity index (χ1n) is 7.07. The minimum absolute atomic E-state index is 0.0203. The molecule has 6 heteroatoms. The van der Waals surface area contributed by atoms with Crippen LogP contribution in [0.4, 0.5) is 13.2 Å². The van der Waals surface area contributed by atoms with Crippen molar-refractivity contribution in [3.63, 3.8) is 0 Å². The van der Waals surface area contributed by atoms with E-state index < -0.39 is 12.8 Å². The molecule has 1 rings (SSSR count). The van der Waals surface area contributed by atoms with Gasteiger partial charge >= 0.3 is 6.18 Å². The minimum atomic E-state index is -4.30. The van der Waals surface area contributed by atoms with Gasteiger partial charge in [-0.3, -0.25) is 0 Å². The maximum Gasteiger partial charge on any atom is 0.411 e. The van der Waals surface area contributed by atoms with E-state index in [4.69, 9.17) is 9.47 Å². The first-order valence-corrected chi connectivity index (χ1v) is 7.07. The highest BCUT2D eigenvalue weighted by atomic mass is 19.4. The summed E-state index contributed by atoms with van der Waals surface area (Å²) in [5.74, 6) is 0.742. The molecule has 1 N–H and O–H groups in total. The lowest BCUT2D eigenvalue weighted by atomic mass is 10.1. The number of ether oxygens (including phenoxy) is 2. The summed E-state index contributed by atoms with van der Waals surface area (Å²) < 4.78 is 46.5. The van der Waals surface area contributed by atoms with Gasteiger partial charge in [0.25, 0.3) is 0 Å². The van der Waals surface area contributed by atoms with Gasteiger partial charge in [0.2, 0.25) is 0 Å². The highest BCUT2D eigenvalue weighted by Crippen LogP contribution is 2.20. The summed E-state index contributed by atoms with van der Waals surface area (Å²) in [6.45, 7) is 3.93. The number of rotatable bonds is 9. The molecule has 0 radical (unpaired) electrons.